The van der Waals surface area contributed by atoms with Crippen LogP contribution in [0.1, 0.15) is 5.69 Å². The number of fused-ring (bicyclic) bond motifs is 1. The van der Waals surface area contributed by atoms with E-state index in [2.05, 4.69) is 9.97 Å². The van der Waals surface area contributed by atoms with Crippen molar-refractivity contribution in [3.05, 3.63) is 48.7 Å². The molecule has 4 nitrogen and oxygen atoms in total. The molecule has 0 saturated heterocycles. The molecule has 3 rings (SSSR count). The van der Waals surface area contributed by atoms with Gasteiger partial charge in [0.25, 0.3) is 0 Å². The van der Waals surface area contributed by atoms with Gasteiger partial charge in [0, 0.05) is 23.5 Å². The fraction of sp³-hybridized carbons (Fsp3) is 0.143. The van der Waals surface area contributed by atoms with E-state index in [4.69, 9.17) is 4.74 Å². The summed E-state index contributed by atoms with van der Waals surface area (Å²) in [6.07, 6.45) is 5.48. The van der Waals surface area contributed by atoms with Crippen LogP contribution in [0.5, 0.6) is 5.75 Å². The van der Waals surface area contributed by atoms with Crippen molar-refractivity contribution in [1.29, 1.82) is 0 Å². The Morgan fingerprint density at radius 2 is 2.05 bits per heavy atom. The molecule has 98 valence electrons. The predicted octanol–water partition coefficient (Wildman–Crippen LogP) is 3.16. The van der Waals surface area contributed by atoms with E-state index in [0.29, 0.717) is 0 Å². The van der Waals surface area contributed by atoms with Gasteiger partial charge in [-0.1, -0.05) is 0 Å². The molecule has 2 heterocycles. The highest BCUT2D eigenvalue weighted by Crippen LogP contribution is 2.26. The first-order valence-corrected chi connectivity index (χ1v) is 5.71. The average Bonchev–Trinajstić information content (AvgIpc) is 2.91. The minimum Gasteiger partial charge on any atom is -0.497 e. The average molecular weight is 276 g/mol. The Morgan fingerprint density at radius 1 is 1.21 bits per heavy atom. The molecule has 0 fully saturated rings. The molecule has 0 aliphatic carbocycles. The first-order valence-electron chi connectivity index (χ1n) is 5.71. The summed E-state index contributed by atoms with van der Waals surface area (Å²) in [5, 5.41) is 1.05. The van der Waals surface area contributed by atoms with E-state index < -0.39 is 0 Å². The van der Waals surface area contributed by atoms with Crippen LogP contribution in [0.3, 0.4) is 0 Å². The second kappa shape index (κ2) is 5.28. The molecule has 0 atom stereocenters. The van der Waals surface area contributed by atoms with Crippen molar-refractivity contribution in [2.24, 2.45) is 0 Å². The summed E-state index contributed by atoms with van der Waals surface area (Å²) in [7, 11) is 1.67. The Balaban J connectivity index is 0.00000133. The smallest absolute Gasteiger partial charge is 0.119 e. The van der Waals surface area contributed by atoms with Gasteiger partial charge < -0.3 is 9.30 Å². The highest BCUT2D eigenvalue weighted by molar-refractivity contribution is 5.88. The zero-order chi connectivity index (χ0) is 12.5. The van der Waals surface area contributed by atoms with Gasteiger partial charge in [-0.3, -0.25) is 4.98 Å². The fourth-order valence-corrected chi connectivity index (χ4v) is 2.06. The maximum atomic E-state index is 5.27. The Hall–Kier alpha value is -2.07. The molecule has 2 aromatic heterocycles. The Morgan fingerprint density at radius 3 is 2.74 bits per heavy atom. The van der Waals surface area contributed by atoms with Crippen LogP contribution in [0.15, 0.2) is 43.0 Å². The van der Waals surface area contributed by atoms with Crippen LogP contribution in [-0.2, 0) is 0 Å². The van der Waals surface area contributed by atoms with Crippen molar-refractivity contribution in [1.82, 2.24) is 14.5 Å². The van der Waals surface area contributed by atoms with Gasteiger partial charge in [-0.25, -0.2) is 4.98 Å². The lowest BCUT2D eigenvalue weighted by molar-refractivity contribution is 0.415. The molecule has 0 aliphatic heterocycles. The number of halogens is 1. The van der Waals surface area contributed by atoms with Gasteiger partial charge in [0.2, 0.25) is 0 Å². The third-order valence-corrected chi connectivity index (χ3v) is 2.90. The van der Waals surface area contributed by atoms with E-state index in [0.717, 1.165) is 28.0 Å². The minimum absolute atomic E-state index is 0. The summed E-state index contributed by atoms with van der Waals surface area (Å²) in [6.45, 7) is 1.99. The molecule has 0 amide bonds. The van der Waals surface area contributed by atoms with E-state index in [1.165, 1.54) is 0 Å². The van der Waals surface area contributed by atoms with Gasteiger partial charge in [0.05, 0.1) is 24.6 Å². The Labute approximate surface area is 117 Å². The van der Waals surface area contributed by atoms with Gasteiger partial charge >= 0.3 is 0 Å². The molecular weight excluding hydrogens is 262 g/mol. The number of pyridine rings is 1. The van der Waals surface area contributed by atoms with Crippen LogP contribution in [0, 0.1) is 6.92 Å². The van der Waals surface area contributed by atoms with Crippen molar-refractivity contribution < 1.29 is 4.74 Å². The lowest BCUT2D eigenvalue weighted by atomic mass is 10.1. The molecule has 0 aliphatic rings. The largest absolute Gasteiger partial charge is 0.497 e. The highest BCUT2D eigenvalue weighted by Gasteiger charge is 2.07. The summed E-state index contributed by atoms with van der Waals surface area (Å²) in [6, 6.07) is 7.94. The zero-order valence-electron chi connectivity index (χ0n) is 10.7. The maximum absolute atomic E-state index is 5.27. The van der Waals surface area contributed by atoms with E-state index >= 15 is 0 Å². The van der Waals surface area contributed by atoms with Crippen molar-refractivity contribution in [2.75, 3.05) is 7.11 Å². The van der Waals surface area contributed by atoms with E-state index in [1.54, 1.807) is 19.6 Å². The van der Waals surface area contributed by atoms with Crippen LogP contribution >= 0.6 is 12.4 Å². The number of benzene rings is 1. The topological polar surface area (TPSA) is 39.9 Å². The maximum Gasteiger partial charge on any atom is 0.119 e. The standard InChI is InChI=1S/C14H13N3O.ClH/c1-10-7-14(17-6-5-15-9-17)12-8-11(18-2)3-4-13(12)16-10;/h3-9H,1-2H3;1H. The molecule has 19 heavy (non-hydrogen) atoms. The molecule has 0 radical (unpaired) electrons. The first-order chi connectivity index (χ1) is 8.78. The van der Waals surface area contributed by atoms with Crippen molar-refractivity contribution in [2.45, 2.75) is 6.92 Å². The molecule has 0 saturated carbocycles. The number of hydrogen-bond acceptors (Lipinski definition) is 3. The van der Waals surface area contributed by atoms with Crippen LogP contribution in [0.25, 0.3) is 16.6 Å². The number of imidazole rings is 1. The van der Waals surface area contributed by atoms with Crippen LogP contribution in [0.2, 0.25) is 0 Å². The number of aryl methyl sites for hydroxylation is 1. The number of ether oxygens (including phenoxy) is 1. The predicted molar refractivity (Wildman–Crippen MR) is 77.4 cm³/mol. The summed E-state index contributed by atoms with van der Waals surface area (Å²) >= 11 is 0. The third kappa shape index (κ3) is 2.39. The first kappa shape index (κ1) is 13.4. The number of aromatic nitrogens is 3. The zero-order valence-corrected chi connectivity index (χ0v) is 11.5. The van der Waals surface area contributed by atoms with Crippen LogP contribution < -0.4 is 4.74 Å². The SMILES string of the molecule is COc1ccc2nc(C)cc(-n3ccnc3)c2c1.Cl. The molecule has 0 bridgehead atoms. The summed E-state index contributed by atoms with van der Waals surface area (Å²) in [4.78, 5) is 8.62. The third-order valence-electron chi connectivity index (χ3n) is 2.90. The second-order valence-corrected chi connectivity index (χ2v) is 4.14. The van der Waals surface area contributed by atoms with Crippen molar-refractivity contribution in [3.63, 3.8) is 0 Å². The van der Waals surface area contributed by atoms with Crippen molar-refractivity contribution >= 4 is 23.3 Å². The molecule has 1 aromatic carbocycles. The summed E-state index contributed by atoms with van der Waals surface area (Å²) in [5.74, 6) is 0.828. The summed E-state index contributed by atoms with van der Waals surface area (Å²) < 4.78 is 7.25. The van der Waals surface area contributed by atoms with Gasteiger partial charge in [0.15, 0.2) is 0 Å². The van der Waals surface area contributed by atoms with Gasteiger partial charge in [-0.15, -0.1) is 12.4 Å². The monoisotopic (exact) mass is 275 g/mol. The molecule has 5 heteroatoms. The normalized spacial score (nSPS) is 10.2. The molecule has 0 unspecified atom stereocenters. The number of hydrogen-bond donors (Lipinski definition) is 0. The number of nitrogens with zero attached hydrogens (tertiary/aromatic N) is 3. The van der Waals surface area contributed by atoms with Crippen LogP contribution in [0.4, 0.5) is 0 Å². The van der Waals surface area contributed by atoms with Gasteiger partial charge in [-0.2, -0.15) is 0 Å². The minimum atomic E-state index is 0. The molecule has 0 N–H and O–H groups in total. The Bertz CT molecular complexity index is 695. The van der Waals surface area contributed by atoms with E-state index in [1.807, 2.05) is 42.0 Å². The van der Waals surface area contributed by atoms with Crippen molar-refractivity contribution in [3.8, 4) is 11.4 Å². The molecule has 0 spiro atoms. The van der Waals surface area contributed by atoms with E-state index in [9.17, 15) is 0 Å². The Kier molecular flexibility index (Phi) is 3.71. The van der Waals surface area contributed by atoms with E-state index in [-0.39, 0.29) is 12.4 Å². The highest BCUT2D eigenvalue weighted by atomic mass is 35.5. The lowest BCUT2D eigenvalue weighted by Gasteiger charge is -2.09. The molecule has 3 aromatic rings. The lowest BCUT2D eigenvalue weighted by Crippen LogP contribution is -1.96. The second-order valence-electron chi connectivity index (χ2n) is 4.14. The number of methoxy groups -OCH3 is 1. The van der Waals surface area contributed by atoms with Crippen LogP contribution in [-0.4, -0.2) is 21.6 Å². The fourth-order valence-electron chi connectivity index (χ4n) is 2.06. The summed E-state index contributed by atoms with van der Waals surface area (Å²) in [5.41, 5.74) is 3.00. The van der Waals surface area contributed by atoms with Gasteiger partial charge in [-0.05, 0) is 31.2 Å². The molecular formula is C14H14ClN3O. The number of rotatable bonds is 2. The quantitative estimate of drug-likeness (QED) is 0.721. The van der Waals surface area contributed by atoms with Gasteiger partial charge in [0.1, 0.15) is 5.75 Å².